The second kappa shape index (κ2) is 9.41. The summed E-state index contributed by atoms with van der Waals surface area (Å²) < 4.78 is 22.9. The van der Waals surface area contributed by atoms with E-state index in [0.29, 0.717) is 26.4 Å². The van der Waals surface area contributed by atoms with Crippen molar-refractivity contribution in [2.24, 2.45) is 0 Å². The summed E-state index contributed by atoms with van der Waals surface area (Å²) in [6.45, 7) is 2.35. The van der Waals surface area contributed by atoms with Crippen LogP contribution >= 0.6 is 0 Å². The Hall–Kier alpha value is -1.53. The number of unbranched alkanes of at least 4 members (excludes halogenated alkanes) is 1. The van der Waals surface area contributed by atoms with Crippen molar-refractivity contribution in [1.82, 2.24) is 10.3 Å². The molecule has 1 heterocycles. The average molecular weight is 270 g/mol. The Labute approximate surface area is 112 Å². The van der Waals surface area contributed by atoms with Gasteiger partial charge in [0.2, 0.25) is 5.95 Å². The lowest BCUT2D eigenvalue weighted by Crippen LogP contribution is -2.24. The topological polar surface area (TPSA) is 60.5 Å². The van der Waals surface area contributed by atoms with E-state index in [0.717, 1.165) is 18.9 Å². The standard InChI is InChI=1S/C13H19FN2O3/c1-18-8-9-19-7-3-2-5-16-13(17)11-4-6-15-12(14)10-11/h4,6,10H,2-3,5,7-9H2,1H3,(H,16,17). The Morgan fingerprint density at radius 2 is 2.21 bits per heavy atom. The molecule has 0 spiro atoms. The maximum atomic E-state index is 12.8. The molecule has 0 atom stereocenters. The van der Waals surface area contributed by atoms with Crippen molar-refractivity contribution in [2.45, 2.75) is 12.8 Å². The fourth-order valence-corrected chi connectivity index (χ4v) is 1.42. The highest BCUT2D eigenvalue weighted by Gasteiger charge is 2.05. The predicted octanol–water partition coefficient (Wildman–Crippen LogP) is 1.39. The van der Waals surface area contributed by atoms with E-state index in [1.54, 1.807) is 7.11 Å². The second-order valence-electron chi connectivity index (χ2n) is 3.94. The molecular formula is C13H19FN2O3. The normalized spacial score (nSPS) is 10.4. The summed E-state index contributed by atoms with van der Waals surface area (Å²) in [7, 11) is 1.63. The number of methoxy groups -OCH3 is 1. The molecule has 1 amide bonds. The van der Waals surface area contributed by atoms with E-state index in [4.69, 9.17) is 9.47 Å². The van der Waals surface area contributed by atoms with Gasteiger partial charge in [0.05, 0.1) is 13.2 Å². The molecule has 0 aliphatic heterocycles. The first-order valence-electron chi connectivity index (χ1n) is 6.20. The SMILES string of the molecule is COCCOCCCCNC(=O)c1ccnc(F)c1. The number of nitrogens with one attached hydrogen (secondary N) is 1. The van der Waals surface area contributed by atoms with E-state index in [2.05, 4.69) is 10.3 Å². The van der Waals surface area contributed by atoms with E-state index in [-0.39, 0.29) is 11.5 Å². The molecule has 0 saturated heterocycles. The summed E-state index contributed by atoms with van der Waals surface area (Å²) in [4.78, 5) is 15.0. The molecule has 0 unspecified atom stereocenters. The zero-order chi connectivity index (χ0) is 13.9. The van der Waals surface area contributed by atoms with Crippen LogP contribution in [0.5, 0.6) is 0 Å². The third-order valence-electron chi connectivity index (χ3n) is 2.42. The van der Waals surface area contributed by atoms with Crippen LogP contribution in [0.1, 0.15) is 23.2 Å². The monoisotopic (exact) mass is 270 g/mol. The first-order chi connectivity index (χ1) is 9.24. The van der Waals surface area contributed by atoms with Gasteiger partial charge >= 0.3 is 0 Å². The summed E-state index contributed by atoms with van der Waals surface area (Å²) in [5.41, 5.74) is 0.281. The fourth-order valence-electron chi connectivity index (χ4n) is 1.42. The number of amides is 1. The van der Waals surface area contributed by atoms with Crippen molar-refractivity contribution < 1.29 is 18.7 Å². The number of rotatable bonds is 9. The number of halogens is 1. The van der Waals surface area contributed by atoms with Gasteiger partial charge in [0, 0.05) is 38.1 Å². The number of hydrogen-bond acceptors (Lipinski definition) is 4. The third-order valence-corrected chi connectivity index (χ3v) is 2.42. The number of carbonyl (C=O) groups excluding carboxylic acids is 1. The maximum absolute atomic E-state index is 12.8. The summed E-state index contributed by atoms with van der Waals surface area (Å²) in [5.74, 6) is -0.944. The number of nitrogens with zero attached hydrogens (tertiary/aromatic N) is 1. The molecule has 0 radical (unpaired) electrons. The second-order valence-corrected chi connectivity index (χ2v) is 3.94. The van der Waals surface area contributed by atoms with Crippen LogP contribution in [0.25, 0.3) is 0 Å². The lowest BCUT2D eigenvalue weighted by atomic mass is 10.2. The molecule has 0 aliphatic rings. The van der Waals surface area contributed by atoms with E-state index < -0.39 is 5.95 Å². The van der Waals surface area contributed by atoms with Crippen molar-refractivity contribution in [1.29, 1.82) is 0 Å². The highest BCUT2D eigenvalue weighted by Crippen LogP contribution is 2.00. The average Bonchev–Trinajstić information content (AvgIpc) is 2.41. The Balaban J connectivity index is 2.08. The van der Waals surface area contributed by atoms with Gasteiger partial charge in [-0.2, -0.15) is 4.39 Å². The van der Waals surface area contributed by atoms with Crippen LogP contribution in [0, 0.1) is 5.95 Å². The molecule has 1 N–H and O–H groups in total. The zero-order valence-electron chi connectivity index (χ0n) is 11.0. The molecule has 1 aromatic rings. The van der Waals surface area contributed by atoms with Crippen molar-refractivity contribution >= 4 is 5.91 Å². The molecule has 19 heavy (non-hydrogen) atoms. The van der Waals surface area contributed by atoms with E-state index in [1.807, 2.05) is 0 Å². The lowest BCUT2D eigenvalue weighted by Gasteiger charge is -2.06. The van der Waals surface area contributed by atoms with Gasteiger partial charge in [0.25, 0.3) is 5.91 Å². The van der Waals surface area contributed by atoms with Crippen LogP contribution in [0.3, 0.4) is 0 Å². The Morgan fingerprint density at radius 3 is 2.95 bits per heavy atom. The largest absolute Gasteiger partial charge is 0.382 e. The van der Waals surface area contributed by atoms with Gasteiger partial charge in [-0.1, -0.05) is 0 Å². The van der Waals surface area contributed by atoms with Crippen LogP contribution in [0.2, 0.25) is 0 Å². The Morgan fingerprint density at radius 1 is 1.37 bits per heavy atom. The number of ether oxygens (including phenoxy) is 2. The van der Waals surface area contributed by atoms with Gasteiger partial charge in [0.15, 0.2) is 0 Å². The van der Waals surface area contributed by atoms with Crippen molar-refractivity contribution in [3.63, 3.8) is 0 Å². The minimum atomic E-state index is -0.654. The summed E-state index contributed by atoms with van der Waals surface area (Å²) in [5, 5.41) is 2.71. The van der Waals surface area contributed by atoms with Crippen LogP contribution in [0.4, 0.5) is 4.39 Å². The molecule has 5 nitrogen and oxygen atoms in total. The number of pyridine rings is 1. The molecule has 1 rings (SSSR count). The lowest BCUT2D eigenvalue weighted by molar-refractivity contribution is 0.0686. The quantitative estimate of drug-likeness (QED) is 0.544. The van der Waals surface area contributed by atoms with Gasteiger partial charge in [-0.3, -0.25) is 4.79 Å². The Kier molecular flexibility index (Phi) is 7.69. The molecule has 0 bridgehead atoms. The van der Waals surface area contributed by atoms with Crippen LogP contribution in [-0.2, 0) is 9.47 Å². The zero-order valence-corrected chi connectivity index (χ0v) is 11.0. The number of carbonyl (C=O) groups is 1. The summed E-state index contributed by atoms with van der Waals surface area (Å²) in [6.07, 6.45) is 2.94. The third kappa shape index (κ3) is 6.83. The van der Waals surface area contributed by atoms with Gasteiger partial charge in [0.1, 0.15) is 0 Å². The minimum Gasteiger partial charge on any atom is -0.382 e. The summed E-state index contributed by atoms with van der Waals surface area (Å²) in [6, 6.07) is 2.59. The van der Waals surface area contributed by atoms with Gasteiger partial charge < -0.3 is 14.8 Å². The summed E-state index contributed by atoms with van der Waals surface area (Å²) >= 11 is 0. The predicted molar refractivity (Wildman–Crippen MR) is 68.5 cm³/mol. The fraction of sp³-hybridized carbons (Fsp3) is 0.538. The molecule has 6 heteroatoms. The van der Waals surface area contributed by atoms with E-state index in [9.17, 15) is 9.18 Å². The van der Waals surface area contributed by atoms with Crippen LogP contribution in [-0.4, -0.2) is 44.4 Å². The Bertz CT molecular complexity index is 388. The molecule has 106 valence electrons. The molecule has 0 saturated carbocycles. The molecule has 0 aliphatic carbocycles. The van der Waals surface area contributed by atoms with Crippen LogP contribution < -0.4 is 5.32 Å². The first-order valence-corrected chi connectivity index (χ1v) is 6.20. The number of hydrogen-bond donors (Lipinski definition) is 1. The molecular weight excluding hydrogens is 251 g/mol. The van der Waals surface area contributed by atoms with Gasteiger partial charge in [-0.25, -0.2) is 4.98 Å². The van der Waals surface area contributed by atoms with E-state index in [1.165, 1.54) is 12.3 Å². The highest BCUT2D eigenvalue weighted by molar-refractivity contribution is 5.93. The molecule has 0 aromatic carbocycles. The van der Waals surface area contributed by atoms with E-state index >= 15 is 0 Å². The van der Waals surface area contributed by atoms with Gasteiger partial charge in [-0.15, -0.1) is 0 Å². The number of aromatic nitrogens is 1. The molecule has 0 fully saturated rings. The van der Waals surface area contributed by atoms with Gasteiger partial charge in [-0.05, 0) is 18.9 Å². The van der Waals surface area contributed by atoms with Crippen molar-refractivity contribution in [2.75, 3.05) is 33.5 Å². The first kappa shape index (κ1) is 15.5. The van der Waals surface area contributed by atoms with Crippen LogP contribution in [0.15, 0.2) is 18.3 Å². The van der Waals surface area contributed by atoms with Crippen molar-refractivity contribution in [3.05, 3.63) is 29.8 Å². The molecule has 1 aromatic heterocycles. The maximum Gasteiger partial charge on any atom is 0.251 e. The smallest absolute Gasteiger partial charge is 0.251 e. The van der Waals surface area contributed by atoms with Crippen molar-refractivity contribution in [3.8, 4) is 0 Å². The minimum absolute atomic E-state index is 0.281. The highest BCUT2D eigenvalue weighted by atomic mass is 19.1.